The maximum Gasteiger partial charge on any atom is 0.356 e. The van der Waals surface area contributed by atoms with Gasteiger partial charge in [0.2, 0.25) is 0 Å². The summed E-state index contributed by atoms with van der Waals surface area (Å²) in [5, 5.41) is 2.13. The van der Waals surface area contributed by atoms with E-state index in [0.717, 1.165) is 39.6 Å². The number of rotatable bonds is 3. The first-order valence-corrected chi connectivity index (χ1v) is 8.30. The van der Waals surface area contributed by atoms with Crippen molar-refractivity contribution in [1.82, 2.24) is 9.55 Å². The van der Waals surface area contributed by atoms with Gasteiger partial charge in [-0.3, -0.25) is 0 Å². The summed E-state index contributed by atoms with van der Waals surface area (Å²) < 4.78 is 7.16. The molecule has 0 bridgehead atoms. The number of methoxy groups -OCH3 is 1. The van der Waals surface area contributed by atoms with Crippen molar-refractivity contribution in [2.75, 3.05) is 7.11 Å². The predicted octanol–water partition coefficient (Wildman–Crippen LogP) is 5.08. The largest absolute Gasteiger partial charge is 0.464 e. The van der Waals surface area contributed by atoms with Crippen LogP contribution in [0, 0.1) is 0 Å². The molecule has 4 aromatic rings. The number of nitrogens with zero attached hydrogens (tertiary/aromatic N) is 2. The standard InChI is InChI=1S/C21H18N2O2.ClH/c1-3-23-18-12-8-7-11-15(18)16-13-17(21(24)25-2)22-19(20(16)23)14-9-5-4-6-10-14;/h4-13H,3H2,1-2H3;1H. The Balaban J connectivity index is 0.00000196. The molecule has 2 heterocycles. The van der Waals surface area contributed by atoms with E-state index < -0.39 is 5.97 Å². The minimum Gasteiger partial charge on any atom is -0.464 e. The third-order valence-electron chi connectivity index (χ3n) is 4.51. The second kappa shape index (κ2) is 7.18. The third-order valence-corrected chi connectivity index (χ3v) is 4.51. The lowest BCUT2D eigenvalue weighted by Gasteiger charge is -2.10. The molecule has 4 nitrogen and oxygen atoms in total. The zero-order chi connectivity index (χ0) is 17.4. The molecule has 0 atom stereocenters. The summed E-state index contributed by atoms with van der Waals surface area (Å²) in [7, 11) is 1.38. The summed E-state index contributed by atoms with van der Waals surface area (Å²) in [6, 6.07) is 20.0. The summed E-state index contributed by atoms with van der Waals surface area (Å²) in [6.45, 7) is 2.94. The number of carbonyl (C=O) groups is 1. The van der Waals surface area contributed by atoms with Crippen LogP contribution in [0.3, 0.4) is 0 Å². The number of hydrogen-bond acceptors (Lipinski definition) is 3. The zero-order valence-corrected chi connectivity index (χ0v) is 15.4. The Bertz CT molecular complexity index is 1090. The number of aromatic nitrogens is 2. The average molecular weight is 367 g/mol. The smallest absolute Gasteiger partial charge is 0.356 e. The van der Waals surface area contributed by atoms with Gasteiger partial charge in [0.05, 0.1) is 18.3 Å². The first-order chi connectivity index (χ1) is 12.2. The monoisotopic (exact) mass is 366 g/mol. The number of aryl methyl sites for hydroxylation is 1. The minimum absolute atomic E-state index is 0. The number of benzene rings is 2. The number of esters is 1. The molecule has 0 aliphatic rings. The highest BCUT2D eigenvalue weighted by molar-refractivity contribution is 6.13. The van der Waals surface area contributed by atoms with Gasteiger partial charge in [0.1, 0.15) is 5.69 Å². The molecule has 4 rings (SSSR count). The molecule has 0 radical (unpaired) electrons. The van der Waals surface area contributed by atoms with Crippen LogP contribution in [0.4, 0.5) is 0 Å². The Kier molecular flexibility index (Phi) is 4.96. The van der Waals surface area contributed by atoms with Crippen molar-refractivity contribution in [3.63, 3.8) is 0 Å². The van der Waals surface area contributed by atoms with Gasteiger partial charge in [0.25, 0.3) is 0 Å². The molecule has 0 aliphatic heterocycles. The average Bonchev–Trinajstić information content (AvgIpc) is 3.01. The van der Waals surface area contributed by atoms with Crippen molar-refractivity contribution in [2.45, 2.75) is 13.5 Å². The van der Waals surface area contributed by atoms with Gasteiger partial charge in [-0.05, 0) is 19.1 Å². The van der Waals surface area contributed by atoms with Crippen LogP contribution in [0.5, 0.6) is 0 Å². The number of para-hydroxylation sites is 1. The lowest BCUT2D eigenvalue weighted by molar-refractivity contribution is 0.0594. The van der Waals surface area contributed by atoms with Gasteiger partial charge < -0.3 is 9.30 Å². The third kappa shape index (κ3) is 2.72. The number of fused-ring (bicyclic) bond motifs is 3. The highest BCUT2D eigenvalue weighted by Gasteiger charge is 2.19. The van der Waals surface area contributed by atoms with Crippen molar-refractivity contribution in [3.8, 4) is 11.3 Å². The Labute approximate surface area is 157 Å². The topological polar surface area (TPSA) is 44.1 Å². The molecule has 2 aromatic carbocycles. The van der Waals surface area contributed by atoms with Crippen molar-refractivity contribution in [3.05, 3.63) is 66.4 Å². The lowest BCUT2D eigenvalue weighted by atomic mass is 10.1. The summed E-state index contributed by atoms with van der Waals surface area (Å²) in [5.41, 5.74) is 4.30. The van der Waals surface area contributed by atoms with Crippen molar-refractivity contribution >= 4 is 40.2 Å². The first kappa shape index (κ1) is 18.0. The molecule has 0 spiro atoms. The maximum absolute atomic E-state index is 12.2. The van der Waals surface area contributed by atoms with Gasteiger partial charge >= 0.3 is 5.97 Å². The second-order valence-corrected chi connectivity index (χ2v) is 5.87. The van der Waals surface area contributed by atoms with E-state index in [1.54, 1.807) is 0 Å². The first-order valence-electron chi connectivity index (χ1n) is 8.30. The lowest BCUT2D eigenvalue weighted by Crippen LogP contribution is -2.06. The van der Waals surface area contributed by atoms with Gasteiger partial charge in [-0.2, -0.15) is 0 Å². The van der Waals surface area contributed by atoms with Gasteiger partial charge in [-0.1, -0.05) is 48.5 Å². The summed E-state index contributed by atoms with van der Waals surface area (Å²) >= 11 is 0. The van der Waals surface area contributed by atoms with Crippen LogP contribution in [0.1, 0.15) is 17.4 Å². The number of ether oxygens (including phenoxy) is 1. The normalized spacial score (nSPS) is 10.7. The fraction of sp³-hybridized carbons (Fsp3) is 0.143. The fourth-order valence-electron chi connectivity index (χ4n) is 3.41. The van der Waals surface area contributed by atoms with E-state index in [0.29, 0.717) is 5.69 Å². The number of pyridine rings is 1. The van der Waals surface area contributed by atoms with Gasteiger partial charge in [0.15, 0.2) is 0 Å². The quantitative estimate of drug-likeness (QED) is 0.474. The second-order valence-electron chi connectivity index (χ2n) is 5.87. The van der Waals surface area contributed by atoms with Crippen LogP contribution in [-0.4, -0.2) is 22.6 Å². The van der Waals surface area contributed by atoms with E-state index in [1.807, 2.05) is 48.5 Å². The van der Waals surface area contributed by atoms with E-state index in [4.69, 9.17) is 4.74 Å². The molecule has 132 valence electrons. The molecule has 2 aromatic heterocycles. The van der Waals surface area contributed by atoms with Crippen LogP contribution < -0.4 is 0 Å². The molecule has 5 heteroatoms. The van der Waals surface area contributed by atoms with Gasteiger partial charge in [0, 0.05) is 28.4 Å². The Morgan fingerprint density at radius 3 is 2.42 bits per heavy atom. The molecule has 0 aliphatic carbocycles. The van der Waals surface area contributed by atoms with Crippen LogP contribution in [0.2, 0.25) is 0 Å². The van der Waals surface area contributed by atoms with Crippen LogP contribution in [0.15, 0.2) is 60.7 Å². The molecule has 0 saturated heterocycles. The summed E-state index contributed by atoms with van der Waals surface area (Å²) in [5.74, 6) is -0.424. The molecule has 0 amide bonds. The van der Waals surface area contributed by atoms with E-state index >= 15 is 0 Å². The van der Waals surface area contributed by atoms with Gasteiger partial charge in [-0.25, -0.2) is 9.78 Å². The Morgan fingerprint density at radius 1 is 1.04 bits per heavy atom. The number of carbonyl (C=O) groups excluding carboxylic acids is 1. The Morgan fingerprint density at radius 2 is 1.73 bits per heavy atom. The zero-order valence-electron chi connectivity index (χ0n) is 14.6. The highest BCUT2D eigenvalue weighted by Crippen LogP contribution is 2.35. The number of halogens is 1. The molecule has 0 N–H and O–H groups in total. The van der Waals surface area contributed by atoms with E-state index in [-0.39, 0.29) is 12.4 Å². The van der Waals surface area contributed by atoms with Crippen molar-refractivity contribution in [2.24, 2.45) is 0 Å². The molecule has 0 unspecified atom stereocenters. The van der Waals surface area contributed by atoms with Crippen molar-refractivity contribution < 1.29 is 9.53 Å². The summed E-state index contributed by atoms with van der Waals surface area (Å²) in [6.07, 6.45) is 0. The molecule has 26 heavy (non-hydrogen) atoms. The van der Waals surface area contributed by atoms with Crippen LogP contribution in [-0.2, 0) is 11.3 Å². The van der Waals surface area contributed by atoms with E-state index in [1.165, 1.54) is 7.11 Å². The molecular weight excluding hydrogens is 348 g/mol. The minimum atomic E-state index is -0.424. The maximum atomic E-state index is 12.2. The molecule has 0 fully saturated rings. The fourth-order valence-corrected chi connectivity index (χ4v) is 3.41. The molecule has 0 saturated carbocycles. The molecular formula is C21H19ClN2O2. The van der Waals surface area contributed by atoms with Crippen LogP contribution in [0.25, 0.3) is 33.1 Å². The van der Waals surface area contributed by atoms with Gasteiger partial charge in [-0.15, -0.1) is 12.4 Å². The predicted molar refractivity (Wildman–Crippen MR) is 107 cm³/mol. The number of hydrogen-bond donors (Lipinski definition) is 0. The highest BCUT2D eigenvalue weighted by atomic mass is 35.5. The van der Waals surface area contributed by atoms with Crippen LogP contribution >= 0.6 is 12.4 Å². The summed E-state index contributed by atoms with van der Waals surface area (Å²) in [4.78, 5) is 16.8. The van der Waals surface area contributed by atoms with E-state index in [2.05, 4.69) is 28.6 Å². The Hall–Kier alpha value is -2.85. The SMILES string of the molecule is CCn1c2ccccc2c2cc(C(=O)OC)nc(-c3ccccc3)c21.Cl. The van der Waals surface area contributed by atoms with E-state index in [9.17, 15) is 4.79 Å². The van der Waals surface area contributed by atoms with Crippen molar-refractivity contribution in [1.29, 1.82) is 0 Å².